The summed E-state index contributed by atoms with van der Waals surface area (Å²) >= 11 is 11.3. The maximum absolute atomic E-state index is 10.4. The number of likely N-dealkylation sites (tertiary alicyclic amines) is 1. The Balaban J connectivity index is 2.23. The van der Waals surface area contributed by atoms with E-state index in [0.29, 0.717) is 17.5 Å². The van der Waals surface area contributed by atoms with E-state index in [2.05, 4.69) is 4.90 Å². The van der Waals surface area contributed by atoms with Crippen LogP contribution in [0.1, 0.15) is 19.3 Å². The molecule has 1 rings (SSSR count). The smallest absolute Gasteiger partial charge is 0.303 e. The number of carboxylic acid groups (broad SMARTS) is 1. The van der Waals surface area contributed by atoms with Crippen molar-refractivity contribution < 1.29 is 9.90 Å². The summed E-state index contributed by atoms with van der Waals surface area (Å²) in [6, 6.07) is 0. The summed E-state index contributed by atoms with van der Waals surface area (Å²) in [5.41, 5.74) is 1.38. The quantitative estimate of drug-likeness (QED) is 0.817. The van der Waals surface area contributed by atoms with Crippen LogP contribution in [-0.4, -0.2) is 35.6 Å². The van der Waals surface area contributed by atoms with Gasteiger partial charge in [0.25, 0.3) is 0 Å². The summed E-state index contributed by atoms with van der Waals surface area (Å²) in [4.78, 5) is 12.6. The molecule has 1 atom stereocenters. The molecule has 1 heterocycles. The van der Waals surface area contributed by atoms with Gasteiger partial charge in [0.15, 0.2) is 0 Å². The van der Waals surface area contributed by atoms with Crippen molar-refractivity contribution in [1.82, 2.24) is 4.90 Å². The number of aliphatic carboxylic acids is 1. The lowest BCUT2D eigenvalue weighted by Gasteiger charge is -2.14. The van der Waals surface area contributed by atoms with E-state index in [1.807, 2.05) is 0 Å². The van der Waals surface area contributed by atoms with Gasteiger partial charge in [-0.25, -0.2) is 0 Å². The zero-order chi connectivity index (χ0) is 11.3. The van der Waals surface area contributed by atoms with Gasteiger partial charge in [-0.2, -0.15) is 0 Å². The molecule has 0 aromatic carbocycles. The molecule has 1 unspecified atom stereocenters. The third-order valence-corrected chi connectivity index (χ3v) is 3.23. The van der Waals surface area contributed by atoms with Gasteiger partial charge in [-0.3, -0.25) is 9.69 Å². The first kappa shape index (κ1) is 12.8. The standard InChI is InChI=1S/C10H15Cl2NO2/c11-5-9(12)7-13-4-3-8(6-13)1-2-10(14)15/h5,8H,1-4,6-7H2,(H,14,15). The van der Waals surface area contributed by atoms with Crippen molar-refractivity contribution in [1.29, 1.82) is 0 Å². The van der Waals surface area contributed by atoms with Crippen molar-refractivity contribution in [2.24, 2.45) is 5.92 Å². The summed E-state index contributed by atoms with van der Waals surface area (Å²) in [5.74, 6) is -0.229. The molecule has 15 heavy (non-hydrogen) atoms. The van der Waals surface area contributed by atoms with Gasteiger partial charge in [0.05, 0.1) is 0 Å². The third kappa shape index (κ3) is 4.87. The number of hydrogen-bond acceptors (Lipinski definition) is 2. The molecular formula is C10H15Cl2NO2. The Labute approximate surface area is 99.7 Å². The first-order valence-corrected chi connectivity index (χ1v) is 5.82. The first-order chi connectivity index (χ1) is 7.11. The number of halogens is 2. The Morgan fingerprint density at radius 3 is 2.93 bits per heavy atom. The van der Waals surface area contributed by atoms with E-state index >= 15 is 0 Å². The molecule has 1 aliphatic rings. The van der Waals surface area contributed by atoms with E-state index in [-0.39, 0.29) is 6.42 Å². The van der Waals surface area contributed by atoms with Gasteiger partial charge in [-0.15, -0.1) is 0 Å². The SMILES string of the molecule is O=C(O)CCC1CCN(CC(Cl)=CCl)C1. The molecule has 0 aromatic heterocycles. The molecule has 0 amide bonds. The lowest BCUT2D eigenvalue weighted by atomic mass is 10.0. The van der Waals surface area contributed by atoms with Gasteiger partial charge in [-0.1, -0.05) is 23.2 Å². The Hall–Kier alpha value is -0.250. The van der Waals surface area contributed by atoms with Crippen molar-refractivity contribution in [2.75, 3.05) is 19.6 Å². The summed E-state index contributed by atoms with van der Waals surface area (Å²) in [7, 11) is 0. The average Bonchev–Trinajstić information content (AvgIpc) is 2.62. The van der Waals surface area contributed by atoms with Crippen LogP contribution >= 0.6 is 23.2 Å². The molecular weight excluding hydrogens is 237 g/mol. The fraction of sp³-hybridized carbons (Fsp3) is 0.700. The predicted octanol–water partition coefficient (Wildman–Crippen LogP) is 2.49. The van der Waals surface area contributed by atoms with Crippen molar-refractivity contribution in [3.63, 3.8) is 0 Å². The normalized spacial score (nSPS) is 23.3. The second-order valence-corrected chi connectivity index (χ2v) is 4.58. The second-order valence-electron chi connectivity index (χ2n) is 3.88. The highest BCUT2D eigenvalue weighted by molar-refractivity contribution is 6.36. The van der Waals surface area contributed by atoms with Crippen molar-refractivity contribution >= 4 is 29.2 Å². The maximum Gasteiger partial charge on any atom is 0.303 e. The van der Waals surface area contributed by atoms with E-state index < -0.39 is 5.97 Å². The van der Waals surface area contributed by atoms with E-state index in [9.17, 15) is 4.79 Å². The molecule has 1 fully saturated rings. The highest BCUT2D eigenvalue weighted by Gasteiger charge is 2.22. The molecule has 5 heteroatoms. The van der Waals surface area contributed by atoms with Crippen molar-refractivity contribution in [2.45, 2.75) is 19.3 Å². The van der Waals surface area contributed by atoms with Crippen LogP contribution in [0.3, 0.4) is 0 Å². The van der Waals surface area contributed by atoms with Gasteiger partial charge in [0, 0.05) is 30.1 Å². The molecule has 1 saturated heterocycles. The van der Waals surface area contributed by atoms with Crippen LogP contribution in [0.2, 0.25) is 0 Å². The summed E-state index contributed by atoms with van der Waals surface area (Å²) in [5, 5.41) is 9.20. The van der Waals surface area contributed by atoms with Gasteiger partial charge < -0.3 is 5.11 Å². The van der Waals surface area contributed by atoms with Gasteiger partial charge in [0.2, 0.25) is 0 Å². The lowest BCUT2D eigenvalue weighted by molar-refractivity contribution is -0.137. The number of carbonyl (C=O) groups is 1. The number of carboxylic acids is 1. The van der Waals surface area contributed by atoms with Crippen molar-refractivity contribution in [3.05, 3.63) is 10.6 Å². The molecule has 86 valence electrons. The van der Waals surface area contributed by atoms with E-state index in [1.165, 1.54) is 5.54 Å². The third-order valence-electron chi connectivity index (χ3n) is 2.63. The maximum atomic E-state index is 10.4. The monoisotopic (exact) mass is 251 g/mol. The minimum absolute atomic E-state index is 0.261. The van der Waals surface area contributed by atoms with E-state index in [0.717, 1.165) is 25.9 Å². The van der Waals surface area contributed by atoms with Crippen LogP contribution in [0, 0.1) is 5.92 Å². The molecule has 1 aliphatic heterocycles. The average molecular weight is 252 g/mol. The highest BCUT2D eigenvalue weighted by Crippen LogP contribution is 2.22. The molecule has 0 spiro atoms. The summed E-state index contributed by atoms with van der Waals surface area (Å²) < 4.78 is 0. The predicted molar refractivity (Wildman–Crippen MR) is 61.2 cm³/mol. The number of nitrogens with zero attached hydrogens (tertiary/aromatic N) is 1. The number of rotatable bonds is 5. The minimum atomic E-state index is -0.716. The fourth-order valence-electron chi connectivity index (χ4n) is 1.87. The van der Waals surface area contributed by atoms with E-state index in [4.69, 9.17) is 28.3 Å². The largest absolute Gasteiger partial charge is 0.481 e. The molecule has 1 N–H and O–H groups in total. The topological polar surface area (TPSA) is 40.5 Å². The first-order valence-electron chi connectivity index (χ1n) is 5.00. The van der Waals surface area contributed by atoms with Crippen molar-refractivity contribution in [3.8, 4) is 0 Å². The number of hydrogen-bond donors (Lipinski definition) is 1. The fourth-order valence-corrected chi connectivity index (χ4v) is 2.11. The van der Waals surface area contributed by atoms with Gasteiger partial charge >= 0.3 is 5.97 Å². The van der Waals surface area contributed by atoms with Gasteiger partial charge in [-0.05, 0) is 25.3 Å². The van der Waals surface area contributed by atoms with Crippen LogP contribution in [0.15, 0.2) is 10.6 Å². The lowest BCUT2D eigenvalue weighted by Crippen LogP contribution is -2.22. The van der Waals surface area contributed by atoms with Crippen LogP contribution in [0.25, 0.3) is 0 Å². The second kappa shape index (κ2) is 6.36. The highest BCUT2D eigenvalue weighted by atomic mass is 35.5. The molecule has 0 saturated carbocycles. The van der Waals surface area contributed by atoms with E-state index in [1.54, 1.807) is 0 Å². The Morgan fingerprint density at radius 2 is 2.33 bits per heavy atom. The van der Waals surface area contributed by atoms with Crippen LogP contribution in [0.5, 0.6) is 0 Å². The molecule has 0 radical (unpaired) electrons. The molecule has 0 aromatic rings. The minimum Gasteiger partial charge on any atom is -0.481 e. The Kier molecular flexibility index (Phi) is 5.43. The summed E-state index contributed by atoms with van der Waals surface area (Å²) in [6.07, 6.45) is 2.07. The summed E-state index contributed by atoms with van der Waals surface area (Å²) in [6.45, 7) is 2.58. The van der Waals surface area contributed by atoms with Gasteiger partial charge in [0.1, 0.15) is 0 Å². The molecule has 0 bridgehead atoms. The molecule has 0 aliphatic carbocycles. The Morgan fingerprint density at radius 1 is 1.60 bits per heavy atom. The van der Waals surface area contributed by atoms with Crippen LogP contribution in [-0.2, 0) is 4.79 Å². The van der Waals surface area contributed by atoms with Crippen LogP contribution < -0.4 is 0 Å². The Bertz CT molecular complexity index is 256. The zero-order valence-corrected chi connectivity index (χ0v) is 9.97. The zero-order valence-electron chi connectivity index (χ0n) is 8.46. The molecule has 3 nitrogen and oxygen atoms in total. The van der Waals surface area contributed by atoms with Crippen LogP contribution in [0.4, 0.5) is 0 Å².